The van der Waals surface area contributed by atoms with E-state index in [1.807, 2.05) is 6.92 Å². The monoisotopic (exact) mass is 237 g/mol. The highest BCUT2D eigenvalue weighted by Crippen LogP contribution is 1.98. The van der Waals surface area contributed by atoms with E-state index < -0.39 is 10.1 Å². The molecule has 0 spiro atoms. The minimum absolute atomic E-state index is 0.137. The number of unbranched alkanes of at least 4 members (excludes halogenated alkanes) is 2. The lowest BCUT2D eigenvalue weighted by atomic mass is 10.3. The minimum Gasteiger partial charge on any atom is -0.314 e. The molecule has 15 heavy (non-hydrogen) atoms. The van der Waals surface area contributed by atoms with Crippen LogP contribution < -0.4 is 5.32 Å². The van der Waals surface area contributed by atoms with Crippen LogP contribution in [0.5, 0.6) is 0 Å². The summed E-state index contributed by atoms with van der Waals surface area (Å²) >= 11 is 0. The molecule has 0 saturated carbocycles. The van der Waals surface area contributed by atoms with Crippen molar-refractivity contribution in [3.8, 4) is 0 Å². The van der Waals surface area contributed by atoms with E-state index >= 15 is 0 Å². The average molecular weight is 237 g/mol. The van der Waals surface area contributed by atoms with Gasteiger partial charge >= 0.3 is 0 Å². The molecule has 0 amide bonds. The summed E-state index contributed by atoms with van der Waals surface area (Å²) in [5, 5.41) is 3.13. The second kappa shape index (κ2) is 9.12. The molecule has 4 nitrogen and oxygen atoms in total. The third-order valence-electron chi connectivity index (χ3n) is 2.00. The average Bonchev–Trinajstić information content (AvgIpc) is 2.20. The molecular formula is C10H23NO3S. The molecule has 1 N–H and O–H groups in total. The highest BCUT2D eigenvalue weighted by atomic mass is 32.2. The molecule has 0 rings (SSSR count). The van der Waals surface area contributed by atoms with Crippen molar-refractivity contribution >= 4 is 10.1 Å². The molecule has 0 atom stereocenters. The van der Waals surface area contributed by atoms with E-state index in [2.05, 4.69) is 12.2 Å². The maximum Gasteiger partial charge on any atom is 0.267 e. The maximum atomic E-state index is 11.2. The predicted octanol–water partition coefficient (Wildman–Crippen LogP) is 1.52. The van der Waals surface area contributed by atoms with Gasteiger partial charge in [0, 0.05) is 6.54 Å². The van der Waals surface area contributed by atoms with E-state index in [-0.39, 0.29) is 12.4 Å². The summed E-state index contributed by atoms with van der Waals surface area (Å²) in [5.41, 5.74) is 0. The summed E-state index contributed by atoms with van der Waals surface area (Å²) in [4.78, 5) is 0. The molecule has 0 aliphatic heterocycles. The van der Waals surface area contributed by atoms with Crippen LogP contribution in [0.1, 0.15) is 39.5 Å². The quantitative estimate of drug-likeness (QED) is 0.462. The van der Waals surface area contributed by atoms with Crippen molar-refractivity contribution in [2.45, 2.75) is 39.5 Å². The molecule has 0 aromatic carbocycles. The molecule has 5 heteroatoms. The van der Waals surface area contributed by atoms with Crippen LogP contribution in [-0.2, 0) is 14.3 Å². The van der Waals surface area contributed by atoms with Gasteiger partial charge in [-0.25, -0.2) is 0 Å². The Hall–Kier alpha value is -0.130. The molecular weight excluding hydrogens is 214 g/mol. The first-order valence-electron chi connectivity index (χ1n) is 5.70. The first-order chi connectivity index (χ1) is 7.12. The van der Waals surface area contributed by atoms with Crippen molar-refractivity contribution in [1.29, 1.82) is 0 Å². The number of hydrogen-bond donors (Lipinski definition) is 1. The van der Waals surface area contributed by atoms with Gasteiger partial charge in [-0.3, -0.25) is 4.18 Å². The number of nitrogens with one attached hydrogen (secondary N) is 1. The van der Waals surface area contributed by atoms with E-state index in [1.165, 1.54) is 0 Å². The normalized spacial score (nSPS) is 11.9. The van der Waals surface area contributed by atoms with Crippen molar-refractivity contribution in [2.75, 3.05) is 25.4 Å². The van der Waals surface area contributed by atoms with Crippen molar-refractivity contribution < 1.29 is 12.6 Å². The Morgan fingerprint density at radius 3 is 2.33 bits per heavy atom. The summed E-state index contributed by atoms with van der Waals surface area (Å²) < 4.78 is 27.3. The standard InChI is InChI=1S/C10H23NO3S/c1-3-5-7-11-8-9-14-15(12,13)10-6-4-2/h11H,3-10H2,1-2H3. The zero-order valence-electron chi connectivity index (χ0n) is 9.79. The van der Waals surface area contributed by atoms with Crippen LogP contribution in [0.25, 0.3) is 0 Å². The lowest BCUT2D eigenvalue weighted by Crippen LogP contribution is -2.23. The third kappa shape index (κ3) is 10.2. The SMILES string of the molecule is CCCCNCCOS(=O)(=O)CCCC. The van der Waals surface area contributed by atoms with Crippen LogP contribution in [-0.4, -0.2) is 33.9 Å². The van der Waals surface area contributed by atoms with Crippen LogP contribution in [0.2, 0.25) is 0 Å². The molecule has 0 heterocycles. The second-order valence-electron chi connectivity index (χ2n) is 3.54. The fourth-order valence-electron chi connectivity index (χ4n) is 1.05. The highest BCUT2D eigenvalue weighted by molar-refractivity contribution is 7.86. The Labute approximate surface area is 93.5 Å². The van der Waals surface area contributed by atoms with Crippen LogP contribution in [0.15, 0.2) is 0 Å². The summed E-state index contributed by atoms with van der Waals surface area (Å²) in [6, 6.07) is 0. The summed E-state index contributed by atoms with van der Waals surface area (Å²) in [6.45, 7) is 5.85. The van der Waals surface area contributed by atoms with E-state index in [1.54, 1.807) is 0 Å². The zero-order valence-corrected chi connectivity index (χ0v) is 10.6. The van der Waals surface area contributed by atoms with E-state index in [4.69, 9.17) is 4.18 Å². The van der Waals surface area contributed by atoms with Gasteiger partial charge in [0.05, 0.1) is 12.4 Å². The second-order valence-corrected chi connectivity index (χ2v) is 5.30. The lowest BCUT2D eigenvalue weighted by molar-refractivity contribution is 0.314. The molecule has 0 unspecified atom stereocenters. The van der Waals surface area contributed by atoms with Crippen molar-refractivity contribution in [3.63, 3.8) is 0 Å². The molecule has 0 fully saturated rings. The summed E-state index contributed by atoms with van der Waals surface area (Å²) in [7, 11) is -3.28. The Balaban J connectivity index is 3.41. The van der Waals surface area contributed by atoms with Gasteiger partial charge < -0.3 is 5.32 Å². The number of rotatable bonds is 10. The first kappa shape index (κ1) is 14.9. The molecule has 92 valence electrons. The van der Waals surface area contributed by atoms with Gasteiger partial charge in [-0.2, -0.15) is 8.42 Å². The Bertz CT molecular complexity index is 227. The van der Waals surface area contributed by atoms with E-state index in [9.17, 15) is 8.42 Å². The van der Waals surface area contributed by atoms with Crippen LogP contribution in [0.3, 0.4) is 0 Å². The molecule has 0 aliphatic carbocycles. The Kier molecular flexibility index (Phi) is 9.04. The van der Waals surface area contributed by atoms with E-state index in [0.29, 0.717) is 13.0 Å². The molecule has 0 aromatic rings. The molecule has 0 aromatic heterocycles. The van der Waals surface area contributed by atoms with Crippen LogP contribution in [0, 0.1) is 0 Å². The van der Waals surface area contributed by atoms with Gasteiger partial charge in [-0.05, 0) is 19.4 Å². The lowest BCUT2D eigenvalue weighted by Gasteiger charge is -2.05. The molecule has 0 aliphatic rings. The fourth-order valence-corrected chi connectivity index (χ4v) is 2.14. The van der Waals surface area contributed by atoms with Gasteiger partial charge in [-0.1, -0.05) is 26.7 Å². The Morgan fingerprint density at radius 1 is 1.07 bits per heavy atom. The van der Waals surface area contributed by atoms with Crippen LogP contribution >= 0.6 is 0 Å². The Morgan fingerprint density at radius 2 is 1.73 bits per heavy atom. The van der Waals surface area contributed by atoms with Crippen molar-refractivity contribution in [1.82, 2.24) is 5.32 Å². The zero-order chi connectivity index (χ0) is 11.6. The van der Waals surface area contributed by atoms with Gasteiger partial charge in [0.1, 0.15) is 0 Å². The van der Waals surface area contributed by atoms with Gasteiger partial charge in [0.2, 0.25) is 0 Å². The van der Waals surface area contributed by atoms with E-state index in [0.717, 1.165) is 25.8 Å². The predicted molar refractivity (Wildman–Crippen MR) is 62.4 cm³/mol. The molecule has 0 radical (unpaired) electrons. The topological polar surface area (TPSA) is 55.4 Å². The minimum atomic E-state index is -3.28. The van der Waals surface area contributed by atoms with Gasteiger partial charge in [-0.15, -0.1) is 0 Å². The first-order valence-corrected chi connectivity index (χ1v) is 7.28. The third-order valence-corrected chi connectivity index (χ3v) is 3.31. The number of hydrogen-bond acceptors (Lipinski definition) is 4. The largest absolute Gasteiger partial charge is 0.314 e. The van der Waals surface area contributed by atoms with Crippen LogP contribution in [0.4, 0.5) is 0 Å². The smallest absolute Gasteiger partial charge is 0.267 e. The summed E-state index contributed by atoms with van der Waals surface area (Å²) in [6.07, 6.45) is 3.80. The summed E-state index contributed by atoms with van der Waals surface area (Å²) in [5.74, 6) is 0.137. The van der Waals surface area contributed by atoms with Crippen molar-refractivity contribution in [2.24, 2.45) is 0 Å². The van der Waals surface area contributed by atoms with Gasteiger partial charge in [0.15, 0.2) is 0 Å². The maximum absolute atomic E-state index is 11.2. The van der Waals surface area contributed by atoms with Crippen molar-refractivity contribution in [3.05, 3.63) is 0 Å². The molecule has 0 bridgehead atoms. The fraction of sp³-hybridized carbons (Fsp3) is 1.00. The molecule has 0 saturated heterocycles. The highest BCUT2D eigenvalue weighted by Gasteiger charge is 2.09. The van der Waals surface area contributed by atoms with Gasteiger partial charge in [0.25, 0.3) is 10.1 Å².